The monoisotopic (exact) mass is 338 g/mol. The molecule has 104 valence electrons. The summed E-state index contributed by atoms with van der Waals surface area (Å²) in [5, 5.41) is 0. The second kappa shape index (κ2) is 6.55. The molecular weight excluding hydrogens is 324 g/mol. The van der Waals surface area contributed by atoms with Crippen LogP contribution in [-0.4, -0.2) is 10.8 Å². The van der Waals surface area contributed by atoms with Crippen molar-refractivity contribution in [1.82, 2.24) is 4.57 Å². The van der Waals surface area contributed by atoms with E-state index in [1.807, 2.05) is 48.8 Å². The third kappa shape index (κ3) is 3.50. The number of hydrogen-bond acceptors (Lipinski definition) is 1. The molecule has 1 aromatic heterocycles. The minimum absolute atomic E-state index is 0.699. The molecule has 0 radical (unpaired) electrons. The number of benzene rings is 2. The minimum atomic E-state index is 0.699. The van der Waals surface area contributed by atoms with Gasteiger partial charge in [0.15, 0.2) is 0 Å². The van der Waals surface area contributed by atoms with Gasteiger partial charge < -0.3 is 4.57 Å². The van der Waals surface area contributed by atoms with E-state index in [1.54, 1.807) is 0 Å². The zero-order valence-electron chi connectivity index (χ0n) is 11.5. The summed E-state index contributed by atoms with van der Waals surface area (Å²) in [6.07, 6.45) is 3.97. The van der Waals surface area contributed by atoms with E-state index < -0.39 is 0 Å². The van der Waals surface area contributed by atoms with E-state index in [1.165, 1.54) is 5.56 Å². The van der Waals surface area contributed by atoms with Crippen molar-refractivity contribution in [3.8, 4) is 5.69 Å². The molecule has 0 aliphatic heterocycles. The van der Waals surface area contributed by atoms with Crippen molar-refractivity contribution in [3.05, 3.63) is 88.7 Å². The van der Waals surface area contributed by atoms with Crippen LogP contribution in [0.5, 0.6) is 0 Å². The Morgan fingerprint density at radius 3 is 2.62 bits per heavy atom. The van der Waals surface area contributed by atoms with Crippen molar-refractivity contribution in [2.45, 2.75) is 6.54 Å². The Balaban J connectivity index is 1.80. The number of hydrogen-bond donors (Lipinski definition) is 0. The summed E-state index contributed by atoms with van der Waals surface area (Å²) in [4.78, 5) is 4.54. The van der Waals surface area contributed by atoms with Gasteiger partial charge in [-0.15, -0.1) is 0 Å². The molecule has 0 atom stereocenters. The van der Waals surface area contributed by atoms with E-state index in [4.69, 9.17) is 0 Å². The fraction of sp³-hybridized carbons (Fsp3) is 0.0556. The second-order valence-electron chi connectivity index (χ2n) is 4.74. The highest BCUT2D eigenvalue weighted by Gasteiger charge is 2.01. The highest BCUT2D eigenvalue weighted by Crippen LogP contribution is 2.17. The standard InChI is InChI=1S/C18H15BrN2/c19-16-8-4-9-17(12-16)21-11-5-10-18(21)14-20-13-15-6-2-1-3-7-15/h1-12,14H,13H2. The maximum absolute atomic E-state index is 4.54. The molecule has 0 fully saturated rings. The highest BCUT2D eigenvalue weighted by molar-refractivity contribution is 9.10. The van der Waals surface area contributed by atoms with Crippen LogP contribution in [0.25, 0.3) is 5.69 Å². The molecule has 3 heteroatoms. The Morgan fingerprint density at radius 1 is 0.952 bits per heavy atom. The van der Waals surface area contributed by atoms with Crippen molar-refractivity contribution in [3.63, 3.8) is 0 Å². The van der Waals surface area contributed by atoms with Gasteiger partial charge in [-0.2, -0.15) is 0 Å². The SMILES string of the molecule is Brc1cccc(-n2cccc2C=NCc2ccccc2)c1. The zero-order chi connectivity index (χ0) is 14.5. The average molecular weight is 339 g/mol. The van der Waals surface area contributed by atoms with E-state index in [2.05, 4.69) is 55.8 Å². The predicted molar refractivity (Wildman–Crippen MR) is 91.2 cm³/mol. The third-order valence-corrected chi connectivity index (χ3v) is 3.70. The van der Waals surface area contributed by atoms with E-state index in [9.17, 15) is 0 Å². The van der Waals surface area contributed by atoms with Gasteiger partial charge in [0.05, 0.1) is 12.2 Å². The van der Waals surface area contributed by atoms with Crippen LogP contribution >= 0.6 is 15.9 Å². The maximum Gasteiger partial charge on any atom is 0.0640 e. The number of rotatable bonds is 4. The van der Waals surface area contributed by atoms with Crippen LogP contribution in [0.15, 0.2) is 82.4 Å². The fourth-order valence-electron chi connectivity index (χ4n) is 2.19. The van der Waals surface area contributed by atoms with Crippen LogP contribution in [0.2, 0.25) is 0 Å². The summed E-state index contributed by atoms with van der Waals surface area (Å²) in [6.45, 7) is 0.699. The maximum atomic E-state index is 4.54. The van der Waals surface area contributed by atoms with Crippen LogP contribution in [-0.2, 0) is 6.54 Å². The summed E-state index contributed by atoms with van der Waals surface area (Å²) in [5.41, 5.74) is 3.41. The first-order chi connectivity index (χ1) is 10.3. The first kappa shape index (κ1) is 13.8. The highest BCUT2D eigenvalue weighted by atomic mass is 79.9. The van der Waals surface area contributed by atoms with Gasteiger partial charge in [0.2, 0.25) is 0 Å². The molecule has 21 heavy (non-hydrogen) atoms. The first-order valence-electron chi connectivity index (χ1n) is 6.80. The molecule has 0 unspecified atom stereocenters. The number of aliphatic imine (C=N–C) groups is 1. The Morgan fingerprint density at radius 2 is 1.81 bits per heavy atom. The van der Waals surface area contributed by atoms with Gasteiger partial charge in [-0.3, -0.25) is 4.99 Å². The summed E-state index contributed by atoms with van der Waals surface area (Å²) in [7, 11) is 0. The lowest BCUT2D eigenvalue weighted by molar-refractivity contribution is 1.04. The molecular formula is C18H15BrN2. The van der Waals surface area contributed by atoms with Gasteiger partial charge >= 0.3 is 0 Å². The average Bonchev–Trinajstić information content (AvgIpc) is 2.97. The molecule has 0 bridgehead atoms. The lowest BCUT2D eigenvalue weighted by Gasteiger charge is -2.06. The largest absolute Gasteiger partial charge is 0.316 e. The molecule has 0 saturated carbocycles. The second-order valence-corrected chi connectivity index (χ2v) is 5.65. The Kier molecular flexibility index (Phi) is 4.31. The van der Waals surface area contributed by atoms with E-state index >= 15 is 0 Å². The minimum Gasteiger partial charge on any atom is -0.316 e. The Labute approximate surface area is 132 Å². The van der Waals surface area contributed by atoms with Gasteiger partial charge in [-0.05, 0) is 35.9 Å². The zero-order valence-corrected chi connectivity index (χ0v) is 13.1. The van der Waals surface area contributed by atoms with Crippen molar-refractivity contribution >= 4 is 22.1 Å². The Hall–Kier alpha value is -2.13. The fourth-order valence-corrected chi connectivity index (χ4v) is 2.58. The quantitative estimate of drug-likeness (QED) is 0.604. The van der Waals surface area contributed by atoms with Gasteiger partial charge in [0.1, 0.15) is 0 Å². The van der Waals surface area contributed by atoms with E-state index in [0.29, 0.717) is 6.54 Å². The molecule has 0 saturated heterocycles. The smallest absolute Gasteiger partial charge is 0.0640 e. The van der Waals surface area contributed by atoms with Crippen LogP contribution in [0, 0.1) is 0 Å². The van der Waals surface area contributed by atoms with Gasteiger partial charge in [0.25, 0.3) is 0 Å². The van der Waals surface area contributed by atoms with Crippen LogP contribution in [0.3, 0.4) is 0 Å². The summed E-state index contributed by atoms with van der Waals surface area (Å²) < 4.78 is 3.19. The molecule has 3 aromatic rings. The summed E-state index contributed by atoms with van der Waals surface area (Å²) in [5.74, 6) is 0. The molecule has 3 rings (SSSR count). The van der Waals surface area contributed by atoms with E-state index in [0.717, 1.165) is 15.9 Å². The van der Waals surface area contributed by atoms with Gasteiger partial charge in [-0.1, -0.05) is 52.3 Å². The van der Waals surface area contributed by atoms with Crippen molar-refractivity contribution in [1.29, 1.82) is 0 Å². The Bertz CT molecular complexity index is 745. The first-order valence-corrected chi connectivity index (χ1v) is 7.59. The normalized spacial score (nSPS) is 11.1. The van der Waals surface area contributed by atoms with Crippen LogP contribution < -0.4 is 0 Å². The summed E-state index contributed by atoms with van der Waals surface area (Å²) in [6, 6.07) is 22.6. The van der Waals surface area contributed by atoms with Crippen molar-refractivity contribution in [2.24, 2.45) is 4.99 Å². The van der Waals surface area contributed by atoms with Crippen molar-refractivity contribution in [2.75, 3.05) is 0 Å². The molecule has 0 aliphatic carbocycles. The molecule has 0 N–H and O–H groups in total. The predicted octanol–water partition coefficient (Wildman–Crippen LogP) is 4.86. The molecule has 0 aliphatic rings. The molecule has 1 heterocycles. The number of nitrogens with zero attached hydrogens (tertiary/aromatic N) is 2. The van der Waals surface area contributed by atoms with Gasteiger partial charge in [-0.25, -0.2) is 0 Å². The third-order valence-electron chi connectivity index (χ3n) is 3.21. The summed E-state index contributed by atoms with van der Waals surface area (Å²) >= 11 is 3.51. The van der Waals surface area contributed by atoms with Crippen molar-refractivity contribution < 1.29 is 0 Å². The van der Waals surface area contributed by atoms with E-state index in [-0.39, 0.29) is 0 Å². The molecule has 2 nitrogen and oxygen atoms in total. The van der Waals surface area contributed by atoms with Crippen LogP contribution in [0.1, 0.15) is 11.3 Å². The lowest BCUT2D eigenvalue weighted by Crippen LogP contribution is -1.98. The topological polar surface area (TPSA) is 17.3 Å². The van der Waals surface area contributed by atoms with Crippen LogP contribution in [0.4, 0.5) is 0 Å². The van der Waals surface area contributed by atoms with Gasteiger partial charge in [0, 0.05) is 22.6 Å². The molecule has 2 aromatic carbocycles. The molecule has 0 spiro atoms. The molecule has 0 amide bonds. The number of halogens is 1. The lowest BCUT2D eigenvalue weighted by atomic mass is 10.2. The number of aromatic nitrogens is 1.